The van der Waals surface area contributed by atoms with Crippen LogP contribution >= 0.6 is 0 Å². The van der Waals surface area contributed by atoms with Crippen LogP contribution in [0.3, 0.4) is 0 Å². The zero-order valence-corrected chi connectivity index (χ0v) is 11.9. The fourth-order valence-corrected chi connectivity index (χ4v) is 1.88. The van der Waals surface area contributed by atoms with Crippen LogP contribution in [0.1, 0.15) is 71.1 Å². The predicted octanol–water partition coefficient (Wildman–Crippen LogP) is 2.43. The quantitative estimate of drug-likeness (QED) is 0.376. The second-order valence-corrected chi connectivity index (χ2v) is 4.89. The Morgan fingerprint density at radius 3 is 1.89 bits per heavy atom. The Kier molecular flexibility index (Phi) is 11.3. The van der Waals surface area contributed by atoms with E-state index >= 15 is 0 Å². The number of aliphatic hydroxyl groups is 1. The highest BCUT2D eigenvalue weighted by Gasteiger charge is 2.15. The molecule has 5 heteroatoms. The van der Waals surface area contributed by atoms with E-state index in [1.54, 1.807) is 0 Å². The van der Waals surface area contributed by atoms with Gasteiger partial charge in [0.15, 0.2) is 0 Å². The lowest BCUT2D eigenvalue weighted by Crippen LogP contribution is -2.40. The molecule has 0 aromatic carbocycles. The molecule has 0 aliphatic carbocycles. The Morgan fingerprint density at radius 2 is 1.42 bits per heavy atom. The van der Waals surface area contributed by atoms with Gasteiger partial charge < -0.3 is 15.5 Å². The first kappa shape index (κ1) is 17.9. The summed E-state index contributed by atoms with van der Waals surface area (Å²) in [5, 5.41) is 19.3. The molecular formula is C14H27NO4. The fourth-order valence-electron chi connectivity index (χ4n) is 1.88. The third-order valence-corrected chi connectivity index (χ3v) is 3.04. The van der Waals surface area contributed by atoms with E-state index < -0.39 is 18.1 Å². The average molecular weight is 273 g/mol. The van der Waals surface area contributed by atoms with Crippen LogP contribution in [0.4, 0.5) is 0 Å². The molecule has 19 heavy (non-hydrogen) atoms. The monoisotopic (exact) mass is 273 g/mol. The second kappa shape index (κ2) is 12.0. The number of amides is 1. The lowest BCUT2D eigenvalue weighted by atomic mass is 10.1. The summed E-state index contributed by atoms with van der Waals surface area (Å²) in [6, 6.07) is 0. The number of hydrogen-bond acceptors (Lipinski definition) is 3. The number of unbranched alkanes of at least 4 members (excludes halogenated alkanes) is 8. The fraction of sp³-hybridized carbons (Fsp3) is 0.857. The van der Waals surface area contributed by atoms with Crippen LogP contribution in [0.5, 0.6) is 0 Å². The summed E-state index contributed by atoms with van der Waals surface area (Å²) in [6.45, 7) is 2.20. The van der Waals surface area contributed by atoms with Gasteiger partial charge in [0.1, 0.15) is 0 Å². The van der Waals surface area contributed by atoms with Gasteiger partial charge in [-0.05, 0) is 6.42 Å². The summed E-state index contributed by atoms with van der Waals surface area (Å²) in [5.41, 5.74) is 0. The molecule has 0 aromatic rings. The van der Waals surface area contributed by atoms with Crippen LogP contribution in [0.25, 0.3) is 0 Å². The standard InChI is InChI=1S/C14H27NO4/c1-2-3-4-5-6-7-8-9-10-11-12(16)15-13(17)14(18)19/h13,17H,2-11H2,1H3,(H,15,16)(H,18,19). The molecule has 0 bridgehead atoms. The van der Waals surface area contributed by atoms with Crippen molar-refractivity contribution in [1.82, 2.24) is 5.32 Å². The van der Waals surface area contributed by atoms with Gasteiger partial charge >= 0.3 is 5.97 Å². The number of carbonyl (C=O) groups excluding carboxylic acids is 1. The van der Waals surface area contributed by atoms with Crippen LogP contribution in [0, 0.1) is 0 Å². The average Bonchev–Trinajstić information content (AvgIpc) is 2.36. The minimum absolute atomic E-state index is 0.278. The number of carboxylic acid groups (broad SMARTS) is 1. The van der Waals surface area contributed by atoms with Gasteiger partial charge in [-0.1, -0.05) is 58.3 Å². The first-order valence-corrected chi connectivity index (χ1v) is 7.28. The summed E-state index contributed by atoms with van der Waals surface area (Å²) >= 11 is 0. The van der Waals surface area contributed by atoms with Crippen molar-refractivity contribution >= 4 is 11.9 Å². The van der Waals surface area contributed by atoms with Gasteiger partial charge in [-0.3, -0.25) is 4.79 Å². The van der Waals surface area contributed by atoms with E-state index in [1.165, 1.54) is 38.5 Å². The van der Waals surface area contributed by atoms with Crippen LogP contribution in [0.15, 0.2) is 0 Å². The predicted molar refractivity (Wildman–Crippen MR) is 73.6 cm³/mol. The van der Waals surface area contributed by atoms with E-state index in [4.69, 9.17) is 10.2 Å². The van der Waals surface area contributed by atoms with Crippen LogP contribution in [-0.2, 0) is 9.59 Å². The highest BCUT2D eigenvalue weighted by molar-refractivity contribution is 5.82. The first-order valence-electron chi connectivity index (χ1n) is 7.28. The zero-order chi connectivity index (χ0) is 14.5. The van der Waals surface area contributed by atoms with Gasteiger partial charge in [0.25, 0.3) is 0 Å². The van der Waals surface area contributed by atoms with Crippen molar-refractivity contribution < 1.29 is 19.8 Å². The molecule has 3 N–H and O–H groups in total. The van der Waals surface area contributed by atoms with Gasteiger partial charge in [0.2, 0.25) is 12.1 Å². The molecule has 0 radical (unpaired) electrons. The lowest BCUT2D eigenvalue weighted by molar-refractivity contribution is -0.151. The van der Waals surface area contributed by atoms with E-state index in [1.807, 2.05) is 5.32 Å². The maximum absolute atomic E-state index is 11.2. The summed E-state index contributed by atoms with van der Waals surface area (Å²) < 4.78 is 0. The molecule has 5 nitrogen and oxygen atoms in total. The smallest absolute Gasteiger partial charge is 0.353 e. The first-order chi connectivity index (χ1) is 9.07. The molecule has 0 rings (SSSR count). The Hall–Kier alpha value is -1.10. The third kappa shape index (κ3) is 11.7. The number of hydrogen-bond donors (Lipinski definition) is 3. The number of aliphatic hydroxyl groups excluding tert-OH is 1. The van der Waals surface area contributed by atoms with Crippen molar-refractivity contribution in [1.29, 1.82) is 0 Å². The molecule has 1 atom stereocenters. The molecule has 0 heterocycles. The Morgan fingerprint density at radius 1 is 0.947 bits per heavy atom. The summed E-state index contributed by atoms with van der Waals surface area (Å²) in [4.78, 5) is 21.5. The molecule has 0 spiro atoms. The van der Waals surface area contributed by atoms with E-state index in [9.17, 15) is 9.59 Å². The Bertz CT molecular complexity index is 256. The number of aliphatic carboxylic acids is 1. The van der Waals surface area contributed by atoms with E-state index in [2.05, 4.69) is 6.92 Å². The zero-order valence-electron chi connectivity index (χ0n) is 11.9. The van der Waals surface area contributed by atoms with Crippen molar-refractivity contribution in [3.63, 3.8) is 0 Å². The van der Waals surface area contributed by atoms with Crippen molar-refractivity contribution in [2.75, 3.05) is 0 Å². The third-order valence-electron chi connectivity index (χ3n) is 3.04. The van der Waals surface area contributed by atoms with Crippen LogP contribution < -0.4 is 5.32 Å². The van der Waals surface area contributed by atoms with Gasteiger partial charge in [-0.25, -0.2) is 4.79 Å². The van der Waals surface area contributed by atoms with Crippen LogP contribution in [0.2, 0.25) is 0 Å². The molecule has 1 unspecified atom stereocenters. The highest BCUT2D eigenvalue weighted by atomic mass is 16.4. The topological polar surface area (TPSA) is 86.6 Å². The maximum atomic E-state index is 11.2. The number of rotatable bonds is 12. The lowest BCUT2D eigenvalue weighted by Gasteiger charge is -2.07. The molecular weight excluding hydrogens is 246 g/mol. The number of carbonyl (C=O) groups is 2. The van der Waals surface area contributed by atoms with Crippen molar-refractivity contribution in [3.8, 4) is 0 Å². The minimum atomic E-state index is -1.79. The number of carboxylic acids is 1. The summed E-state index contributed by atoms with van der Waals surface area (Å²) in [6.07, 6.45) is 8.95. The molecule has 0 aliphatic rings. The molecule has 0 fully saturated rings. The number of nitrogens with one attached hydrogen (secondary N) is 1. The minimum Gasteiger partial charge on any atom is -0.478 e. The maximum Gasteiger partial charge on any atom is 0.353 e. The molecule has 0 aromatic heterocycles. The molecule has 112 valence electrons. The summed E-state index contributed by atoms with van der Waals surface area (Å²) in [7, 11) is 0. The van der Waals surface area contributed by atoms with Crippen molar-refractivity contribution in [2.24, 2.45) is 0 Å². The van der Waals surface area contributed by atoms with Gasteiger partial charge in [-0.15, -0.1) is 0 Å². The molecule has 1 amide bonds. The SMILES string of the molecule is CCCCCCCCCCCC(=O)NC(O)C(=O)O. The van der Waals surface area contributed by atoms with Gasteiger partial charge in [0.05, 0.1) is 0 Å². The normalized spacial score (nSPS) is 12.1. The molecule has 0 saturated heterocycles. The summed E-state index contributed by atoms with van der Waals surface area (Å²) in [5.74, 6) is -1.83. The van der Waals surface area contributed by atoms with Crippen molar-refractivity contribution in [2.45, 2.75) is 77.4 Å². The van der Waals surface area contributed by atoms with Gasteiger partial charge in [0, 0.05) is 6.42 Å². The largest absolute Gasteiger partial charge is 0.478 e. The van der Waals surface area contributed by atoms with E-state index in [0.29, 0.717) is 0 Å². The Balaban J connectivity index is 3.30. The van der Waals surface area contributed by atoms with Crippen molar-refractivity contribution in [3.05, 3.63) is 0 Å². The highest BCUT2D eigenvalue weighted by Crippen LogP contribution is 2.10. The van der Waals surface area contributed by atoms with Crippen LogP contribution in [-0.4, -0.2) is 28.3 Å². The second-order valence-electron chi connectivity index (χ2n) is 4.89. The van der Waals surface area contributed by atoms with Gasteiger partial charge in [-0.2, -0.15) is 0 Å². The van der Waals surface area contributed by atoms with E-state index in [-0.39, 0.29) is 6.42 Å². The Labute approximate surface area is 115 Å². The molecule has 0 saturated carbocycles. The molecule has 0 aliphatic heterocycles. The van der Waals surface area contributed by atoms with E-state index in [0.717, 1.165) is 19.3 Å².